The Morgan fingerprint density at radius 1 is 1.29 bits per heavy atom. The molecule has 0 unspecified atom stereocenters. The average molecular weight is 268 g/mol. The van der Waals surface area contributed by atoms with Gasteiger partial charge in [-0.3, -0.25) is 0 Å². The first kappa shape index (κ1) is 12.0. The second kappa shape index (κ2) is 5.21. The number of ether oxygens (including phenoxy) is 1. The number of carbonyl (C=O) groups excluding carboxylic acids is 1. The van der Waals surface area contributed by atoms with Crippen LogP contribution in [0.1, 0.15) is 10.4 Å². The molecule has 1 aromatic heterocycles. The molecule has 0 radical (unpaired) electrons. The Hall–Kier alpha value is -1.52. The second-order valence-corrected chi connectivity index (χ2v) is 4.45. The van der Waals surface area contributed by atoms with Gasteiger partial charge in [0.25, 0.3) is 0 Å². The van der Waals surface area contributed by atoms with Crippen LogP contribution in [0, 0.1) is 0 Å². The molecule has 1 aromatic carbocycles. The number of esters is 1. The van der Waals surface area contributed by atoms with Crippen molar-refractivity contribution in [3.63, 3.8) is 0 Å². The van der Waals surface area contributed by atoms with E-state index in [0.29, 0.717) is 16.3 Å². The third kappa shape index (κ3) is 2.60. The largest absolute Gasteiger partial charge is 0.465 e. The van der Waals surface area contributed by atoms with E-state index in [1.807, 2.05) is 23.6 Å². The Kier molecular flexibility index (Phi) is 3.66. The third-order valence-electron chi connectivity index (χ3n) is 2.21. The number of thiophene rings is 1. The van der Waals surface area contributed by atoms with Crippen LogP contribution in [0.2, 0.25) is 5.02 Å². The molecule has 0 saturated heterocycles. The van der Waals surface area contributed by atoms with Gasteiger partial charge in [-0.25, -0.2) is 4.79 Å². The maximum Gasteiger partial charge on any atom is 0.340 e. The first-order valence-electron chi connectivity index (χ1n) is 4.88. The molecule has 0 aliphatic rings. The summed E-state index contributed by atoms with van der Waals surface area (Å²) in [4.78, 5) is 11.5. The van der Waals surface area contributed by atoms with Crippen molar-refractivity contribution in [2.24, 2.45) is 0 Å². The molecule has 1 heterocycles. The van der Waals surface area contributed by atoms with Crippen molar-refractivity contribution in [3.05, 3.63) is 45.6 Å². The summed E-state index contributed by atoms with van der Waals surface area (Å²) in [5.74, 6) is -0.360. The van der Waals surface area contributed by atoms with Gasteiger partial charge < -0.3 is 10.1 Å². The van der Waals surface area contributed by atoms with Gasteiger partial charge in [0.05, 0.1) is 29.1 Å². The molecule has 0 atom stereocenters. The van der Waals surface area contributed by atoms with Crippen molar-refractivity contribution < 1.29 is 9.53 Å². The topological polar surface area (TPSA) is 38.3 Å². The van der Waals surface area contributed by atoms with E-state index in [4.69, 9.17) is 16.3 Å². The van der Waals surface area contributed by atoms with Crippen LogP contribution in [0.25, 0.3) is 0 Å². The van der Waals surface area contributed by atoms with E-state index in [1.54, 1.807) is 11.4 Å². The summed E-state index contributed by atoms with van der Waals surface area (Å²) < 4.78 is 4.70. The molecule has 0 saturated carbocycles. The van der Waals surface area contributed by atoms with E-state index in [9.17, 15) is 4.79 Å². The van der Waals surface area contributed by atoms with Gasteiger partial charge in [0.1, 0.15) is 0 Å². The van der Waals surface area contributed by atoms with E-state index in [2.05, 4.69) is 5.32 Å². The highest BCUT2D eigenvalue weighted by Crippen LogP contribution is 2.29. The van der Waals surface area contributed by atoms with Crippen molar-refractivity contribution in [3.8, 4) is 0 Å². The van der Waals surface area contributed by atoms with Crippen molar-refractivity contribution >= 4 is 40.3 Å². The number of methoxy groups -OCH3 is 1. The number of nitrogens with one attached hydrogen (secondary N) is 1. The number of anilines is 2. The zero-order valence-corrected chi connectivity index (χ0v) is 10.6. The molecule has 0 bridgehead atoms. The Bertz CT molecular complexity index is 539. The molecule has 17 heavy (non-hydrogen) atoms. The molecule has 2 aromatic rings. The molecule has 2 rings (SSSR count). The third-order valence-corrected chi connectivity index (χ3v) is 3.28. The summed E-state index contributed by atoms with van der Waals surface area (Å²) in [6.45, 7) is 0. The maximum atomic E-state index is 11.5. The average Bonchev–Trinajstić information content (AvgIpc) is 2.79. The van der Waals surface area contributed by atoms with Crippen molar-refractivity contribution in [1.29, 1.82) is 0 Å². The molecule has 1 N–H and O–H groups in total. The molecular formula is C12H10ClNO2S. The zero-order valence-electron chi connectivity index (χ0n) is 9.07. The molecule has 0 amide bonds. The lowest BCUT2D eigenvalue weighted by Gasteiger charge is -2.08. The molecule has 0 fully saturated rings. The van der Waals surface area contributed by atoms with Crippen molar-refractivity contribution in [1.82, 2.24) is 0 Å². The fraction of sp³-hybridized carbons (Fsp3) is 0.0833. The highest BCUT2D eigenvalue weighted by Gasteiger charge is 2.13. The van der Waals surface area contributed by atoms with Crippen LogP contribution in [0.15, 0.2) is 35.0 Å². The predicted octanol–water partition coefficient (Wildman–Crippen LogP) is 3.93. The Morgan fingerprint density at radius 2 is 2.06 bits per heavy atom. The summed E-state index contributed by atoms with van der Waals surface area (Å²) in [6.07, 6.45) is 0. The summed E-state index contributed by atoms with van der Waals surface area (Å²) in [6, 6.07) is 7.36. The van der Waals surface area contributed by atoms with Gasteiger partial charge >= 0.3 is 5.97 Å². The minimum absolute atomic E-state index is 0.360. The first-order valence-corrected chi connectivity index (χ1v) is 6.20. The van der Waals surface area contributed by atoms with E-state index in [0.717, 1.165) is 5.69 Å². The van der Waals surface area contributed by atoms with Crippen LogP contribution in [0.5, 0.6) is 0 Å². The van der Waals surface area contributed by atoms with Gasteiger partial charge in [0.2, 0.25) is 0 Å². The Balaban J connectivity index is 2.28. The number of rotatable bonds is 3. The SMILES string of the molecule is COC(=O)c1cscc1Nc1ccccc1Cl. The zero-order chi connectivity index (χ0) is 12.3. The van der Waals surface area contributed by atoms with Gasteiger partial charge in [-0.15, -0.1) is 11.3 Å². The number of benzene rings is 1. The highest BCUT2D eigenvalue weighted by molar-refractivity contribution is 7.08. The minimum atomic E-state index is -0.360. The van der Waals surface area contributed by atoms with Gasteiger partial charge in [-0.05, 0) is 12.1 Å². The summed E-state index contributed by atoms with van der Waals surface area (Å²) >= 11 is 7.46. The standard InChI is InChI=1S/C12H10ClNO2S/c1-16-12(15)8-6-17-7-11(8)14-10-5-3-2-4-9(10)13/h2-7,14H,1H3. The molecule has 88 valence electrons. The van der Waals surface area contributed by atoms with Crippen LogP contribution < -0.4 is 5.32 Å². The van der Waals surface area contributed by atoms with Crippen LogP contribution in [0.3, 0.4) is 0 Å². The summed E-state index contributed by atoms with van der Waals surface area (Å²) in [7, 11) is 1.36. The maximum absolute atomic E-state index is 11.5. The van der Waals surface area contributed by atoms with Crippen LogP contribution >= 0.6 is 22.9 Å². The lowest BCUT2D eigenvalue weighted by Crippen LogP contribution is -2.03. The first-order chi connectivity index (χ1) is 8.22. The molecule has 0 spiro atoms. The lowest BCUT2D eigenvalue weighted by molar-refractivity contribution is 0.0602. The van der Waals surface area contributed by atoms with E-state index < -0.39 is 0 Å². The fourth-order valence-corrected chi connectivity index (χ4v) is 2.30. The number of hydrogen-bond donors (Lipinski definition) is 1. The normalized spacial score (nSPS) is 10.0. The highest BCUT2D eigenvalue weighted by atomic mass is 35.5. The molecular weight excluding hydrogens is 258 g/mol. The predicted molar refractivity (Wildman–Crippen MR) is 70.4 cm³/mol. The van der Waals surface area contributed by atoms with E-state index in [1.165, 1.54) is 18.4 Å². The minimum Gasteiger partial charge on any atom is -0.465 e. The molecule has 5 heteroatoms. The van der Waals surface area contributed by atoms with E-state index in [-0.39, 0.29) is 5.97 Å². The Labute approximate surface area is 108 Å². The smallest absolute Gasteiger partial charge is 0.340 e. The fourth-order valence-electron chi connectivity index (χ4n) is 1.37. The van der Waals surface area contributed by atoms with Crippen LogP contribution in [0.4, 0.5) is 11.4 Å². The van der Waals surface area contributed by atoms with Gasteiger partial charge in [0, 0.05) is 10.8 Å². The monoisotopic (exact) mass is 267 g/mol. The van der Waals surface area contributed by atoms with Crippen molar-refractivity contribution in [2.45, 2.75) is 0 Å². The van der Waals surface area contributed by atoms with Crippen LogP contribution in [-0.4, -0.2) is 13.1 Å². The lowest BCUT2D eigenvalue weighted by atomic mass is 10.2. The summed E-state index contributed by atoms with van der Waals surface area (Å²) in [5, 5.41) is 7.30. The quantitative estimate of drug-likeness (QED) is 0.857. The number of carbonyl (C=O) groups is 1. The molecule has 3 nitrogen and oxygen atoms in total. The van der Waals surface area contributed by atoms with Gasteiger partial charge in [-0.1, -0.05) is 23.7 Å². The van der Waals surface area contributed by atoms with Crippen LogP contribution in [-0.2, 0) is 4.74 Å². The van der Waals surface area contributed by atoms with Crippen molar-refractivity contribution in [2.75, 3.05) is 12.4 Å². The summed E-state index contributed by atoms with van der Waals surface area (Å²) in [5.41, 5.74) is 1.98. The number of hydrogen-bond acceptors (Lipinski definition) is 4. The van der Waals surface area contributed by atoms with E-state index >= 15 is 0 Å². The number of para-hydroxylation sites is 1. The molecule has 0 aliphatic carbocycles. The molecule has 0 aliphatic heterocycles. The second-order valence-electron chi connectivity index (χ2n) is 3.30. The van der Waals surface area contributed by atoms with Gasteiger partial charge in [0.15, 0.2) is 0 Å². The van der Waals surface area contributed by atoms with Gasteiger partial charge in [-0.2, -0.15) is 0 Å². The number of halogens is 1. The Morgan fingerprint density at radius 3 is 2.76 bits per heavy atom.